The Bertz CT molecular complexity index is 1410. The zero-order chi connectivity index (χ0) is 23.7. The van der Waals surface area contributed by atoms with Crippen LogP contribution in [0.15, 0.2) is 60.7 Å². The summed E-state index contributed by atoms with van der Waals surface area (Å²) in [7, 11) is 8.71. The zero-order valence-electron chi connectivity index (χ0n) is 21.3. The predicted molar refractivity (Wildman–Crippen MR) is 151 cm³/mol. The van der Waals surface area contributed by atoms with E-state index in [-0.39, 0.29) is 0 Å². The van der Waals surface area contributed by atoms with Gasteiger partial charge in [0.1, 0.15) is 0 Å². The summed E-state index contributed by atoms with van der Waals surface area (Å²) in [4.78, 5) is 4.61. The molecule has 176 valence electrons. The molecule has 0 amide bonds. The molecule has 5 aromatic carbocycles. The van der Waals surface area contributed by atoms with Crippen molar-refractivity contribution in [2.24, 2.45) is 0 Å². The largest absolute Gasteiger partial charge is 0.309 e. The van der Waals surface area contributed by atoms with Crippen LogP contribution in [0.4, 0.5) is 0 Å². The molecule has 2 nitrogen and oxygen atoms in total. The van der Waals surface area contributed by atoms with Crippen LogP contribution in [0, 0.1) is 0 Å². The van der Waals surface area contributed by atoms with E-state index >= 15 is 0 Å². The Kier molecular flexibility index (Phi) is 6.72. The van der Waals surface area contributed by atoms with Gasteiger partial charge in [0.15, 0.2) is 0 Å². The summed E-state index contributed by atoms with van der Waals surface area (Å²) in [6.07, 6.45) is 7.30. The van der Waals surface area contributed by atoms with E-state index in [1.807, 2.05) is 0 Å². The van der Waals surface area contributed by atoms with Crippen molar-refractivity contribution in [3.63, 3.8) is 0 Å². The highest BCUT2D eigenvalue weighted by molar-refractivity contribution is 6.33. The van der Waals surface area contributed by atoms with Gasteiger partial charge in [0.2, 0.25) is 0 Å². The second-order valence-corrected chi connectivity index (χ2v) is 10.5. The molecule has 0 saturated heterocycles. The summed E-state index contributed by atoms with van der Waals surface area (Å²) in [6.45, 7) is 2.32. The van der Waals surface area contributed by atoms with E-state index in [0.717, 1.165) is 19.5 Å². The van der Waals surface area contributed by atoms with E-state index in [2.05, 4.69) is 98.7 Å². The highest BCUT2D eigenvalue weighted by atomic mass is 15.0. The molecule has 5 rings (SSSR count). The molecule has 0 aromatic heterocycles. The highest BCUT2D eigenvalue weighted by Gasteiger charge is 2.18. The lowest BCUT2D eigenvalue weighted by atomic mass is 9.83. The van der Waals surface area contributed by atoms with Crippen molar-refractivity contribution in [3.05, 3.63) is 71.8 Å². The van der Waals surface area contributed by atoms with E-state index in [0.29, 0.717) is 0 Å². The lowest BCUT2D eigenvalue weighted by molar-refractivity contribution is 0.393. The van der Waals surface area contributed by atoms with Gasteiger partial charge in [0, 0.05) is 0 Å². The SMILES string of the molecule is CN(C)CCCCc1cc2cccc3c4cccc5cccc(c(c1CCCCN(C)C)c23)c54. The fraction of sp³-hybridized carbons (Fsp3) is 0.375. The van der Waals surface area contributed by atoms with Gasteiger partial charge in [0.05, 0.1) is 0 Å². The lowest BCUT2D eigenvalue weighted by Gasteiger charge is -2.21. The van der Waals surface area contributed by atoms with Crippen LogP contribution in [0.3, 0.4) is 0 Å². The van der Waals surface area contributed by atoms with Crippen LogP contribution in [0.5, 0.6) is 0 Å². The summed E-state index contributed by atoms with van der Waals surface area (Å²) in [5.41, 5.74) is 3.17. The highest BCUT2D eigenvalue weighted by Crippen LogP contribution is 2.43. The minimum atomic E-state index is 1.16. The van der Waals surface area contributed by atoms with Gasteiger partial charge in [-0.1, -0.05) is 60.7 Å². The van der Waals surface area contributed by atoms with E-state index in [1.54, 1.807) is 11.1 Å². The molecule has 0 saturated carbocycles. The van der Waals surface area contributed by atoms with E-state index in [4.69, 9.17) is 0 Å². The van der Waals surface area contributed by atoms with E-state index < -0.39 is 0 Å². The van der Waals surface area contributed by atoms with Crippen LogP contribution in [-0.2, 0) is 12.8 Å². The van der Waals surface area contributed by atoms with Crippen LogP contribution >= 0.6 is 0 Å². The Balaban J connectivity index is 1.72. The van der Waals surface area contributed by atoms with Crippen LogP contribution < -0.4 is 0 Å². The predicted octanol–water partition coefficient (Wildman–Crippen LogP) is 7.51. The lowest BCUT2D eigenvalue weighted by Crippen LogP contribution is -2.13. The molecule has 0 aliphatic heterocycles. The first-order chi connectivity index (χ1) is 16.5. The van der Waals surface area contributed by atoms with Gasteiger partial charge >= 0.3 is 0 Å². The summed E-state index contributed by atoms with van der Waals surface area (Å²) >= 11 is 0. The summed E-state index contributed by atoms with van der Waals surface area (Å²) in [5, 5.41) is 11.4. The van der Waals surface area contributed by atoms with Crippen LogP contribution in [0.1, 0.15) is 36.8 Å². The number of rotatable bonds is 10. The quantitative estimate of drug-likeness (QED) is 0.123. The molecule has 0 spiro atoms. The molecule has 5 aromatic rings. The molecule has 0 fully saturated rings. The molecule has 34 heavy (non-hydrogen) atoms. The molecular weight excluding hydrogens is 412 g/mol. The maximum Gasteiger partial charge on any atom is -0.00234 e. The average molecular weight is 451 g/mol. The first-order valence-electron chi connectivity index (χ1n) is 12.9. The Morgan fingerprint density at radius 3 is 1.74 bits per heavy atom. The monoisotopic (exact) mass is 450 g/mol. The number of hydrogen-bond acceptors (Lipinski definition) is 2. The van der Waals surface area contributed by atoms with E-state index in [1.165, 1.54) is 75.2 Å². The van der Waals surface area contributed by atoms with Gasteiger partial charge in [-0.05, 0) is 134 Å². The smallest absolute Gasteiger partial charge is 0.00234 e. The average Bonchev–Trinajstić information content (AvgIpc) is 2.82. The van der Waals surface area contributed by atoms with Crippen molar-refractivity contribution in [3.8, 4) is 0 Å². The third-order valence-corrected chi connectivity index (χ3v) is 7.41. The van der Waals surface area contributed by atoms with Crippen LogP contribution in [0.2, 0.25) is 0 Å². The van der Waals surface area contributed by atoms with Gasteiger partial charge in [-0.3, -0.25) is 0 Å². The van der Waals surface area contributed by atoms with E-state index in [9.17, 15) is 0 Å². The Morgan fingerprint density at radius 2 is 1.09 bits per heavy atom. The molecule has 0 bridgehead atoms. The molecule has 0 unspecified atom stereocenters. The van der Waals surface area contributed by atoms with Crippen molar-refractivity contribution in [2.45, 2.75) is 38.5 Å². The van der Waals surface area contributed by atoms with Crippen LogP contribution in [0.25, 0.3) is 43.1 Å². The standard InChI is InChI=1S/C32H38N2/c1-33(2)20-7-5-12-24-22-25-15-11-18-28-27-17-9-13-23-14-10-19-29(30(23)27)32(31(25)28)26(24)16-6-8-21-34(3)4/h9-11,13-15,17-19,22H,5-8,12,16,20-21H2,1-4H3. The Morgan fingerprint density at radius 1 is 0.529 bits per heavy atom. The maximum absolute atomic E-state index is 2.52. The normalized spacial score (nSPS) is 12.4. The molecule has 0 radical (unpaired) electrons. The topological polar surface area (TPSA) is 6.48 Å². The number of aryl methyl sites for hydroxylation is 2. The minimum Gasteiger partial charge on any atom is -0.309 e. The Labute approximate surface area is 204 Å². The van der Waals surface area contributed by atoms with Gasteiger partial charge in [0.25, 0.3) is 0 Å². The first-order valence-corrected chi connectivity index (χ1v) is 12.9. The number of benzene rings is 5. The van der Waals surface area contributed by atoms with Crippen molar-refractivity contribution in [1.82, 2.24) is 9.80 Å². The maximum atomic E-state index is 2.52. The molecular formula is C32H38N2. The third kappa shape index (κ3) is 4.37. The van der Waals surface area contributed by atoms with Crippen molar-refractivity contribution >= 4 is 43.1 Å². The summed E-state index contributed by atoms with van der Waals surface area (Å²) in [6, 6.07) is 23.1. The third-order valence-electron chi connectivity index (χ3n) is 7.41. The second-order valence-electron chi connectivity index (χ2n) is 10.5. The Hall–Kier alpha value is -2.68. The van der Waals surface area contributed by atoms with Gasteiger partial charge in [-0.2, -0.15) is 0 Å². The van der Waals surface area contributed by atoms with Gasteiger partial charge < -0.3 is 9.80 Å². The fourth-order valence-corrected chi connectivity index (χ4v) is 5.83. The number of fused-ring (bicyclic) bond motifs is 2. The van der Waals surface area contributed by atoms with Gasteiger partial charge in [-0.15, -0.1) is 0 Å². The summed E-state index contributed by atoms with van der Waals surface area (Å²) in [5.74, 6) is 0. The molecule has 0 heterocycles. The second kappa shape index (κ2) is 9.90. The van der Waals surface area contributed by atoms with Crippen LogP contribution in [-0.4, -0.2) is 51.1 Å². The minimum absolute atomic E-state index is 1.16. The van der Waals surface area contributed by atoms with Gasteiger partial charge in [-0.25, -0.2) is 0 Å². The number of unbranched alkanes of at least 4 members (excludes halogenated alkanes) is 2. The zero-order valence-corrected chi connectivity index (χ0v) is 21.3. The number of nitrogens with zero attached hydrogens (tertiary/aromatic N) is 2. The molecule has 2 heteroatoms. The number of hydrogen-bond donors (Lipinski definition) is 0. The van der Waals surface area contributed by atoms with Crippen molar-refractivity contribution in [1.29, 1.82) is 0 Å². The molecule has 0 aliphatic carbocycles. The fourth-order valence-electron chi connectivity index (χ4n) is 5.83. The summed E-state index contributed by atoms with van der Waals surface area (Å²) < 4.78 is 0. The molecule has 0 aliphatic rings. The van der Waals surface area contributed by atoms with Crippen molar-refractivity contribution < 1.29 is 0 Å². The molecule has 0 atom stereocenters. The van der Waals surface area contributed by atoms with Crippen molar-refractivity contribution in [2.75, 3.05) is 41.3 Å². The first kappa shape index (κ1) is 23.1. The molecule has 0 N–H and O–H groups in total.